The summed E-state index contributed by atoms with van der Waals surface area (Å²) in [5.41, 5.74) is 1.28. The second-order valence-corrected chi connectivity index (χ2v) is 5.65. The van der Waals surface area contributed by atoms with Crippen molar-refractivity contribution in [2.45, 2.75) is 42.7 Å². The summed E-state index contributed by atoms with van der Waals surface area (Å²) in [5.74, 6) is 0. The van der Waals surface area contributed by atoms with Gasteiger partial charge in [0.05, 0.1) is 6.10 Å². The van der Waals surface area contributed by atoms with E-state index in [2.05, 4.69) is 42.5 Å². The first kappa shape index (κ1) is 12.8. The molecule has 17 heavy (non-hydrogen) atoms. The normalized spacial score (nSPS) is 24.6. The van der Waals surface area contributed by atoms with Crippen LogP contribution in [0, 0.1) is 0 Å². The highest BCUT2D eigenvalue weighted by molar-refractivity contribution is 7.98. The van der Waals surface area contributed by atoms with E-state index in [0.717, 1.165) is 25.7 Å². The van der Waals surface area contributed by atoms with Crippen molar-refractivity contribution in [1.82, 2.24) is 0 Å². The maximum Gasteiger partial charge on any atom is 0.0541 e. The molecule has 3 heteroatoms. The molecule has 2 nitrogen and oxygen atoms in total. The van der Waals surface area contributed by atoms with Gasteiger partial charge in [0.2, 0.25) is 0 Å². The highest BCUT2D eigenvalue weighted by Crippen LogP contribution is 2.27. The van der Waals surface area contributed by atoms with Gasteiger partial charge in [-0.25, -0.2) is 0 Å². The van der Waals surface area contributed by atoms with Crippen molar-refractivity contribution in [1.29, 1.82) is 0 Å². The average molecular weight is 251 g/mol. The molecule has 0 spiro atoms. The molecular weight excluding hydrogens is 230 g/mol. The maximum atomic E-state index is 9.53. The van der Waals surface area contributed by atoms with Crippen molar-refractivity contribution < 1.29 is 5.11 Å². The molecule has 1 N–H and O–H groups in total. The van der Waals surface area contributed by atoms with Crippen molar-refractivity contribution in [3.63, 3.8) is 0 Å². The lowest BCUT2D eigenvalue weighted by Gasteiger charge is -2.34. The van der Waals surface area contributed by atoms with Gasteiger partial charge in [0, 0.05) is 23.7 Å². The number of nitrogens with zero attached hydrogens (tertiary/aromatic N) is 1. The van der Waals surface area contributed by atoms with E-state index >= 15 is 0 Å². The van der Waals surface area contributed by atoms with Crippen LogP contribution in [0.4, 0.5) is 5.69 Å². The fourth-order valence-corrected chi connectivity index (χ4v) is 2.88. The van der Waals surface area contributed by atoms with Gasteiger partial charge < -0.3 is 10.0 Å². The summed E-state index contributed by atoms with van der Waals surface area (Å²) in [7, 11) is 2.16. The van der Waals surface area contributed by atoms with Gasteiger partial charge in [-0.05, 0) is 56.2 Å². The Morgan fingerprint density at radius 1 is 1.12 bits per heavy atom. The quantitative estimate of drug-likeness (QED) is 0.835. The Kier molecular flexibility index (Phi) is 4.35. The Morgan fingerprint density at radius 3 is 2.24 bits per heavy atom. The molecule has 2 rings (SSSR count). The molecule has 0 bridgehead atoms. The number of anilines is 1. The third-order valence-electron chi connectivity index (χ3n) is 3.69. The third-order valence-corrected chi connectivity index (χ3v) is 4.44. The Bertz CT molecular complexity index is 344. The van der Waals surface area contributed by atoms with Gasteiger partial charge >= 0.3 is 0 Å². The highest BCUT2D eigenvalue weighted by Gasteiger charge is 2.22. The van der Waals surface area contributed by atoms with E-state index in [-0.39, 0.29) is 6.10 Å². The van der Waals surface area contributed by atoms with Crippen LogP contribution >= 0.6 is 11.8 Å². The summed E-state index contributed by atoms with van der Waals surface area (Å²) in [6, 6.07) is 9.31. The molecule has 0 amide bonds. The standard InChI is InChI=1S/C14H21NOS/c1-15(11-3-7-13(16)8-4-11)12-5-9-14(17-2)10-6-12/h5-6,9-11,13,16H,3-4,7-8H2,1-2H3. The van der Waals surface area contributed by atoms with E-state index in [4.69, 9.17) is 0 Å². The van der Waals surface area contributed by atoms with Crippen LogP contribution in [0.15, 0.2) is 29.2 Å². The Balaban J connectivity index is 2.00. The smallest absolute Gasteiger partial charge is 0.0541 e. The van der Waals surface area contributed by atoms with Crippen LogP contribution in [0.3, 0.4) is 0 Å². The fraction of sp³-hybridized carbons (Fsp3) is 0.571. The predicted octanol–water partition coefficient (Wildman–Crippen LogP) is 3.15. The number of thioether (sulfide) groups is 1. The van der Waals surface area contributed by atoms with E-state index in [1.54, 1.807) is 11.8 Å². The minimum Gasteiger partial charge on any atom is -0.393 e. The highest BCUT2D eigenvalue weighted by atomic mass is 32.2. The van der Waals surface area contributed by atoms with Crippen molar-refractivity contribution >= 4 is 17.4 Å². The van der Waals surface area contributed by atoms with Crippen LogP contribution in [-0.2, 0) is 0 Å². The molecular formula is C14H21NOS. The average Bonchev–Trinajstić information content (AvgIpc) is 2.39. The first-order chi connectivity index (χ1) is 8.20. The topological polar surface area (TPSA) is 23.5 Å². The zero-order valence-corrected chi connectivity index (χ0v) is 11.4. The molecule has 0 saturated heterocycles. The molecule has 94 valence electrons. The van der Waals surface area contributed by atoms with Gasteiger partial charge in [-0.1, -0.05) is 0 Å². The number of benzene rings is 1. The molecule has 0 unspecified atom stereocenters. The lowest BCUT2D eigenvalue weighted by atomic mass is 9.92. The summed E-state index contributed by atoms with van der Waals surface area (Å²) < 4.78 is 0. The number of aliphatic hydroxyl groups excluding tert-OH is 1. The molecule has 1 aliphatic carbocycles. The summed E-state index contributed by atoms with van der Waals surface area (Å²) in [6.07, 6.45) is 6.11. The SMILES string of the molecule is CSc1ccc(N(C)C2CCC(O)CC2)cc1. The zero-order chi connectivity index (χ0) is 12.3. The Morgan fingerprint density at radius 2 is 1.71 bits per heavy atom. The van der Waals surface area contributed by atoms with Gasteiger partial charge in [-0.3, -0.25) is 0 Å². The molecule has 1 fully saturated rings. The Labute approximate surface area is 108 Å². The van der Waals surface area contributed by atoms with Gasteiger partial charge in [0.25, 0.3) is 0 Å². The van der Waals surface area contributed by atoms with E-state index in [9.17, 15) is 5.11 Å². The van der Waals surface area contributed by atoms with Crippen molar-refractivity contribution in [2.24, 2.45) is 0 Å². The third kappa shape index (κ3) is 3.17. The maximum absolute atomic E-state index is 9.53. The van der Waals surface area contributed by atoms with Crippen molar-refractivity contribution in [2.75, 3.05) is 18.2 Å². The second-order valence-electron chi connectivity index (χ2n) is 4.77. The van der Waals surface area contributed by atoms with E-state index in [1.807, 2.05) is 0 Å². The van der Waals surface area contributed by atoms with E-state index in [1.165, 1.54) is 10.6 Å². The van der Waals surface area contributed by atoms with Crippen molar-refractivity contribution in [3.8, 4) is 0 Å². The largest absolute Gasteiger partial charge is 0.393 e. The monoisotopic (exact) mass is 251 g/mol. The summed E-state index contributed by atoms with van der Waals surface area (Å²) in [5, 5.41) is 9.53. The van der Waals surface area contributed by atoms with Gasteiger partial charge in [0.15, 0.2) is 0 Å². The van der Waals surface area contributed by atoms with Gasteiger partial charge in [-0.2, -0.15) is 0 Å². The first-order valence-corrected chi connectivity index (χ1v) is 7.48. The number of aliphatic hydroxyl groups is 1. The van der Waals surface area contributed by atoms with E-state index < -0.39 is 0 Å². The van der Waals surface area contributed by atoms with Crippen LogP contribution in [0.2, 0.25) is 0 Å². The van der Waals surface area contributed by atoms with E-state index in [0.29, 0.717) is 6.04 Å². The molecule has 0 heterocycles. The molecule has 0 aromatic heterocycles. The number of hydrogen-bond donors (Lipinski definition) is 1. The van der Waals surface area contributed by atoms with Gasteiger partial charge in [0.1, 0.15) is 0 Å². The van der Waals surface area contributed by atoms with Crippen LogP contribution in [0.25, 0.3) is 0 Å². The molecule has 1 aromatic rings. The number of rotatable bonds is 3. The van der Waals surface area contributed by atoms with Crippen LogP contribution in [-0.4, -0.2) is 30.6 Å². The molecule has 1 saturated carbocycles. The fourth-order valence-electron chi connectivity index (χ4n) is 2.47. The van der Waals surface area contributed by atoms with Crippen LogP contribution < -0.4 is 4.90 Å². The molecule has 0 atom stereocenters. The summed E-state index contributed by atoms with van der Waals surface area (Å²) >= 11 is 1.77. The lowest BCUT2D eigenvalue weighted by Crippen LogP contribution is -2.36. The Hall–Kier alpha value is -0.670. The van der Waals surface area contributed by atoms with Gasteiger partial charge in [-0.15, -0.1) is 11.8 Å². The van der Waals surface area contributed by atoms with Crippen LogP contribution in [0.5, 0.6) is 0 Å². The van der Waals surface area contributed by atoms with Crippen molar-refractivity contribution in [3.05, 3.63) is 24.3 Å². The van der Waals surface area contributed by atoms with Crippen LogP contribution in [0.1, 0.15) is 25.7 Å². The number of hydrogen-bond acceptors (Lipinski definition) is 3. The lowest BCUT2D eigenvalue weighted by molar-refractivity contribution is 0.122. The summed E-state index contributed by atoms with van der Waals surface area (Å²) in [6.45, 7) is 0. The molecule has 1 aliphatic rings. The molecule has 0 radical (unpaired) electrons. The second kappa shape index (κ2) is 5.78. The minimum absolute atomic E-state index is 0.0708. The molecule has 0 aliphatic heterocycles. The minimum atomic E-state index is -0.0708. The first-order valence-electron chi connectivity index (χ1n) is 6.25. The molecule has 1 aromatic carbocycles. The predicted molar refractivity (Wildman–Crippen MR) is 74.9 cm³/mol. The zero-order valence-electron chi connectivity index (χ0n) is 10.6. The summed E-state index contributed by atoms with van der Waals surface area (Å²) in [4.78, 5) is 3.66.